The SMILES string of the molecule is COC1=CC(=O)c2c3c(c(NCCN(C)CCN(C)CCNc4nc5cc(OC)ccc5c5c4C(=O)c4cnccc4-5)nc2=C1)=Cc1cnccc1-3. The minimum absolute atomic E-state index is 0.0624. The predicted molar refractivity (Wildman–Crippen MR) is 201 cm³/mol. The molecule has 0 spiro atoms. The third-order valence-electron chi connectivity index (χ3n) is 9.91. The van der Waals surface area contributed by atoms with Gasteiger partial charge in [-0.05, 0) is 55.6 Å². The number of fused-ring (bicyclic) bond motifs is 10. The molecule has 5 aromatic rings. The Morgan fingerprint density at radius 2 is 1.42 bits per heavy atom. The van der Waals surface area contributed by atoms with Crippen LogP contribution in [-0.4, -0.2) is 109 Å². The minimum Gasteiger partial charge on any atom is -0.497 e. The van der Waals surface area contributed by atoms with Crippen molar-refractivity contribution in [3.8, 4) is 28.0 Å². The number of anilines is 2. The number of likely N-dealkylation sites (N-methyl/N-ethyl adjacent to an activating group) is 2. The van der Waals surface area contributed by atoms with Gasteiger partial charge in [-0.2, -0.15) is 0 Å². The van der Waals surface area contributed by atoms with Crippen LogP contribution >= 0.6 is 0 Å². The molecule has 3 aliphatic carbocycles. The van der Waals surface area contributed by atoms with Crippen molar-refractivity contribution in [2.24, 2.45) is 0 Å². The summed E-state index contributed by atoms with van der Waals surface area (Å²) >= 11 is 0. The Morgan fingerprint density at radius 1 is 0.692 bits per heavy atom. The molecule has 0 saturated heterocycles. The fraction of sp³-hybridized carbons (Fsp3) is 0.250. The van der Waals surface area contributed by atoms with Gasteiger partial charge in [0.25, 0.3) is 0 Å². The molecular weight excluding hydrogens is 656 g/mol. The highest BCUT2D eigenvalue weighted by atomic mass is 16.5. The molecule has 3 aliphatic rings. The Kier molecular flexibility index (Phi) is 8.69. The lowest BCUT2D eigenvalue weighted by Crippen LogP contribution is -2.36. The molecule has 12 heteroatoms. The molecule has 4 heterocycles. The molecule has 0 radical (unpaired) electrons. The van der Waals surface area contributed by atoms with Crippen molar-refractivity contribution in [3.63, 3.8) is 0 Å². The first-order chi connectivity index (χ1) is 25.3. The zero-order chi connectivity index (χ0) is 35.9. The van der Waals surface area contributed by atoms with Crippen LogP contribution in [0.4, 0.5) is 11.6 Å². The highest BCUT2D eigenvalue weighted by Gasteiger charge is 2.32. The van der Waals surface area contributed by atoms with Crippen molar-refractivity contribution in [1.82, 2.24) is 29.7 Å². The van der Waals surface area contributed by atoms with E-state index in [-0.39, 0.29) is 11.6 Å². The molecule has 4 aromatic heterocycles. The number of ketones is 2. The van der Waals surface area contributed by atoms with E-state index < -0.39 is 0 Å². The molecule has 2 N–H and O–H groups in total. The van der Waals surface area contributed by atoms with E-state index in [1.807, 2.05) is 48.7 Å². The summed E-state index contributed by atoms with van der Waals surface area (Å²) in [7, 11) is 7.38. The Hall–Kier alpha value is -5.98. The Balaban J connectivity index is 0.899. The first-order valence-electron chi connectivity index (χ1n) is 17.2. The number of ether oxygens (including phenoxy) is 2. The highest BCUT2D eigenvalue weighted by Crippen LogP contribution is 2.44. The second kappa shape index (κ2) is 13.6. The monoisotopic (exact) mass is 694 g/mol. The maximum atomic E-state index is 13.5. The van der Waals surface area contributed by atoms with Gasteiger partial charge in [0.05, 0.1) is 36.2 Å². The van der Waals surface area contributed by atoms with Crippen LogP contribution in [0.3, 0.4) is 0 Å². The van der Waals surface area contributed by atoms with E-state index in [0.717, 1.165) is 75.9 Å². The highest BCUT2D eigenvalue weighted by molar-refractivity contribution is 6.27. The number of hydrogen-bond donors (Lipinski definition) is 2. The van der Waals surface area contributed by atoms with E-state index in [4.69, 9.17) is 19.4 Å². The molecule has 1 aromatic carbocycles. The Bertz CT molecular complexity index is 2440. The van der Waals surface area contributed by atoms with Crippen molar-refractivity contribution in [1.29, 1.82) is 0 Å². The van der Waals surface area contributed by atoms with Gasteiger partial charge in [0, 0.05) is 115 Å². The minimum atomic E-state index is -0.114. The number of hydrogen-bond acceptors (Lipinski definition) is 12. The number of aromatic nitrogens is 4. The van der Waals surface area contributed by atoms with Gasteiger partial charge in [0.2, 0.25) is 0 Å². The van der Waals surface area contributed by atoms with Crippen LogP contribution in [0.1, 0.15) is 31.8 Å². The van der Waals surface area contributed by atoms with Gasteiger partial charge in [-0.15, -0.1) is 0 Å². The van der Waals surface area contributed by atoms with Crippen LogP contribution in [0.15, 0.2) is 67.0 Å². The number of carbonyl (C=O) groups excluding carboxylic acids is 2. The van der Waals surface area contributed by atoms with Crippen molar-refractivity contribution in [2.75, 3.05) is 78.2 Å². The third-order valence-corrected chi connectivity index (χ3v) is 9.91. The molecule has 0 fully saturated rings. The molecule has 8 rings (SSSR count). The van der Waals surface area contributed by atoms with E-state index in [1.165, 1.54) is 6.08 Å². The van der Waals surface area contributed by atoms with Crippen LogP contribution < -0.4 is 25.9 Å². The lowest BCUT2D eigenvalue weighted by molar-refractivity contribution is 0.103. The molecular formula is C40H38N8O4. The van der Waals surface area contributed by atoms with Crippen molar-refractivity contribution in [3.05, 3.63) is 99.8 Å². The largest absolute Gasteiger partial charge is 0.497 e. The van der Waals surface area contributed by atoms with Crippen LogP contribution in [0.25, 0.3) is 45.3 Å². The fourth-order valence-electron chi connectivity index (χ4n) is 7.15. The first-order valence-corrected chi connectivity index (χ1v) is 17.2. The maximum absolute atomic E-state index is 13.5. The van der Waals surface area contributed by atoms with Crippen molar-refractivity contribution < 1.29 is 19.1 Å². The Morgan fingerprint density at radius 3 is 2.17 bits per heavy atom. The predicted octanol–water partition coefficient (Wildman–Crippen LogP) is 3.34. The summed E-state index contributed by atoms with van der Waals surface area (Å²) in [4.78, 5) is 49.5. The summed E-state index contributed by atoms with van der Waals surface area (Å²) in [6.45, 7) is 4.52. The first kappa shape index (κ1) is 33.2. The van der Waals surface area contributed by atoms with E-state index in [1.54, 1.807) is 32.8 Å². The molecule has 12 nitrogen and oxygen atoms in total. The van der Waals surface area contributed by atoms with E-state index in [2.05, 4.69) is 44.5 Å². The summed E-state index contributed by atoms with van der Waals surface area (Å²) in [5.74, 6) is 2.32. The summed E-state index contributed by atoms with van der Waals surface area (Å²) in [6, 6.07) is 9.61. The van der Waals surface area contributed by atoms with Crippen LogP contribution in [0.5, 0.6) is 5.75 Å². The number of allylic oxidation sites excluding steroid dienone is 2. The maximum Gasteiger partial charge on any atom is 0.199 e. The smallest absolute Gasteiger partial charge is 0.199 e. The number of carbonyl (C=O) groups is 2. The molecule has 0 saturated carbocycles. The summed E-state index contributed by atoms with van der Waals surface area (Å²) < 4.78 is 10.8. The molecule has 0 unspecified atom stereocenters. The normalized spacial score (nSPS) is 13.5. The number of nitrogens with zero attached hydrogens (tertiary/aromatic N) is 6. The van der Waals surface area contributed by atoms with Crippen LogP contribution in [0.2, 0.25) is 0 Å². The molecule has 0 bridgehead atoms. The number of methoxy groups -OCH3 is 2. The molecule has 0 aliphatic heterocycles. The third kappa shape index (κ3) is 5.85. The fourth-order valence-corrected chi connectivity index (χ4v) is 7.15. The average Bonchev–Trinajstić information content (AvgIpc) is 3.69. The zero-order valence-electron chi connectivity index (χ0n) is 29.5. The molecule has 52 heavy (non-hydrogen) atoms. The lowest BCUT2D eigenvalue weighted by Gasteiger charge is -2.23. The molecule has 0 amide bonds. The second-order valence-corrected chi connectivity index (χ2v) is 13.2. The van der Waals surface area contributed by atoms with Gasteiger partial charge in [-0.3, -0.25) is 19.6 Å². The van der Waals surface area contributed by atoms with Crippen LogP contribution in [-0.2, 0) is 4.74 Å². The standard InChI is InChI=1S/C40H38N8O4/c1-47(13-11-43-39-29-17-23-21-41-9-7-26(23)34(29)36-32(46-39)19-25(52-4)20-33(36)49)15-16-48(2)14-12-44-40-37-35(27-8-10-42-22-30(27)38(37)50)28-6-5-24(51-3)18-31(28)45-40/h5-10,17-22H,11-16H2,1-4H3,(H,43,46)(H,44,45). The van der Waals surface area contributed by atoms with Crippen molar-refractivity contribution >= 4 is 46.3 Å². The summed E-state index contributed by atoms with van der Waals surface area (Å²) in [5.41, 5.74) is 7.14. The van der Waals surface area contributed by atoms with Crippen LogP contribution in [0, 0.1) is 0 Å². The topological polar surface area (TPSA) is 135 Å². The van der Waals surface area contributed by atoms with E-state index >= 15 is 0 Å². The number of nitrogens with one attached hydrogen (secondary N) is 2. The average molecular weight is 695 g/mol. The number of pyridine rings is 4. The van der Waals surface area contributed by atoms with Gasteiger partial charge >= 0.3 is 0 Å². The van der Waals surface area contributed by atoms with E-state index in [9.17, 15) is 9.59 Å². The summed E-state index contributed by atoms with van der Waals surface area (Å²) in [6.07, 6.45) is 12.3. The van der Waals surface area contributed by atoms with Crippen molar-refractivity contribution in [2.45, 2.75) is 0 Å². The zero-order valence-corrected chi connectivity index (χ0v) is 29.5. The molecule has 0 atom stereocenters. The van der Waals surface area contributed by atoms with Gasteiger partial charge in [0.1, 0.15) is 23.1 Å². The Labute approximate surface area is 300 Å². The number of benzene rings is 1. The van der Waals surface area contributed by atoms with Gasteiger partial charge < -0.3 is 29.9 Å². The van der Waals surface area contributed by atoms with Gasteiger partial charge in [-0.25, -0.2) is 9.97 Å². The lowest BCUT2D eigenvalue weighted by atomic mass is 9.95. The second-order valence-electron chi connectivity index (χ2n) is 13.2. The van der Waals surface area contributed by atoms with Gasteiger partial charge in [-0.1, -0.05) is 0 Å². The van der Waals surface area contributed by atoms with Gasteiger partial charge in [0.15, 0.2) is 11.6 Å². The molecule has 262 valence electrons. The van der Waals surface area contributed by atoms with E-state index in [0.29, 0.717) is 52.5 Å². The quantitative estimate of drug-likeness (QED) is 0.183. The number of rotatable bonds is 13. The summed E-state index contributed by atoms with van der Waals surface area (Å²) in [5, 5.41) is 9.41.